The van der Waals surface area contributed by atoms with Crippen molar-refractivity contribution < 1.29 is 4.57 Å². The molecule has 0 amide bonds. The van der Waals surface area contributed by atoms with Crippen molar-refractivity contribution in [1.82, 2.24) is 0 Å². The summed E-state index contributed by atoms with van der Waals surface area (Å²) >= 11 is 0. The molecule has 3 rings (SSSR count). The Bertz CT molecular complexity index is 571. The van der Waals surface area contributed by atoms with Crippen LogP contribution in [0.5, 0.6) is 0 Å². The number of fused-ring (bicyclic) bond motifs is 3. The van der Waals surface area contributed by atoms with Crippen LogP contribution in [0.4, 0.5) is 0 Å². The van der Waals surface area contributed by atoms with Crippen LogP contribution >= 0.6 is 0 Å². The van der Waals surface area contributed by atoms with Crippen molar-refractivity contribution in [2.24, 2.45) is 0 Å². The van der Waals surface area contributed by atoms with E-state index >= 15 is 0 Å². The Kier molecular flexibility index (Phi) is 2.29. The Hall–Kier alpha value is -1.63. The van der Waals surface area contributed by atoms with Crippen LogP contribution in [0.2, 0.25) is 0 Å². The first-order valence-corrected chi connectivity index (χ1v) is 6.29. The summed E-state index contributed by atoms with van der Waals surface area (Å²) < 4.78 is 2.42. The lowest BCUT2D eigenvalue weighted by Gasteiger charge is -2.25. The minimum atomic E-state index is 0.528. The Labute approximate surface area is 103 Å². The summed E-state index contributed by atoms with van der Waals surface area (Å²) in [6.07, 6.45) is 2.27. The molecule has 2 atom stereocenters. The molecular weight excluding hydrogens is 206 g/mol. The van der Waals surface area contributed by atoms with Gasteiger partial charge in [-0.1, -0.05) is 25.1 Å². The Balaban J connectivity index is 2.32. The van der Waals surface area contributed by atoms with Gasteiger partial charge in [-0.25, -0.2) is 0 Å². The van der Waals surface area contributed by atoms with Gasteiger partial charge in [0, 0.05) is 23.1 Å². The third-order valence-electron chi connectivity index (χ3n) is 4.01. The van der Waals surface area contributed by atoms with Crippen molar-refractivity contribution in [1.29, 1.82) is 0 Å². The second kappa shape index (κ2) is 3.69. The van der Waals surface area contributed by atoms with E-state index in [0.29, 0.717) is 12.0 Å². The molecule has 0 radical (unpaired) electrons. The molecule has 0 fully saturated rings. The highest BCUT2D eigenvalue weighted by atomic mass is 15.0. The first kappa shape index (κ1) is 10.5. The van der Waals surface area contributed by atoms with Crippen molar-refractivity contribution in [3.63, 3.8) is 0 Å². The average molecular weight is 224 g/mol. The van der Waals surface area contributed by atoms with Crippen LogP contribution in [0.3, 0.4) is 0 Å². The number of pyridine rings is 1. The van der Waals surface area contributed by atoms with Gasteiger partial charge in [-0.2, -0.15) is 4.57 Å². The fraction of sp³-hybridized carbons (Fsp3) is 0.312. The molecule has 1 heteroatoms. The quantitative estimate of drug-likeness (QED) is 0.602. The summed E-state index contributed by atoms with van der Waals surface area (Å²) in [7, 11) is 0. The molecule has 1 nitrogen and oxygen atoms in total. The van der Waals surface area contributed by atoms with Gasteiger partial charge in [0.05, 0.1) is 0 Å². The maximum atomic E-state index is 2.42. The Morgan fingerprint density at radius 1 is 1.00 bits per heavy atom. The van der Waals surface area contributed by atoms with E-state index < -0.39 is 0 Å². The van der Waals surface area contributed by atoms with E-state index in [1.54, 1.807) is 0 Å². The third-order valence-corrected chi connectivity index (χ3v) is 4.01. The second-order valence-corrected chi connectivity index (χ2v) is 5.12. The predicted octanol–water partition coefficient (Wildman–Crippen LogP) is 3.63. The minimum absolute atomic E-state index is 0.528. The fourth-order valence-corrected chi connectivity index (χ4v) is 2.82. The van der Waals surface area contributed by atoms with Gasteiger partial charge in [0.25, 0.3) is 0 Å². The number of aromatic nitrogens is 1. The van der Waals surface area contributed by atoms with Crippen molar-refractivity contribution in [3.05, 3.63) is 53.7 Å². The van der Waals surface area contributed by atoms with Gasteiger partial charge in [0.15, 0.2) is 12.2 Å². The largest absolute Gasteiger partial charge is 0.213 e. The molecule has 1 aromatic carbocycles. The van der Waals surface area contributed by atoms with E-state index in [-0.39, 0.29) is 0 Å². The van der Waals surface area contributed by atoms with Gasteiger partial charge in [-0.3, -0.25) is 0 Å². The molecule has 0 saturated heterocycles. The molecule has 0 aliphatic carbocycles. The highest BCUT2D eigenvalue weighted by molar-refractivity contribution is 5.63. The Morgan fingerprint density at radius 2 is 1.76 bits per heavy atom. The molecule has 0 spiro atoms. The molecule has 0 N–H and O–H groups in total. The van der Waals surface area contributed by atoms with Crippen LogP contribution in [-0.2, 0) is 0 Å². The van der Waals surface area contributed by atoms with E-state index in [1.807, 2.05) is 0 Å². The molecule has 86 valence electrons. The molecule has 0 bridgehead atoms. The van der Waals surface area contributed by atoms with Gasteiger partial charge < -0.3 is 0 Å². The van der Waals surface area contributed by atoms with Crippen LogP contribution in [0, 0.1) is 6.92 Å². The highest BCUT2D eigenvalue weighted by Crippen LogP contribution is 2.37. The standard InChI is InChI=1S/C16H18N/c1-11-8-9-16-15-7-5-4-6-14(15)12(2)13(3)17(16)10-11/h4-10,12-13H,1-3H3/q+1/t12-,13?/m1/s1. The van der Waals surface area contributed by atoms with Gasteiger partial charge in [0.1, 0.15) is 0 Å². The van der Waals surface area contributed by atoms with E-state index in [2.05, 4.69) is 67.9 Å². The summed E-state index contributed by atoms with van der Waals surface area (Å²) in [5, 5.41) is 0. The average Bonchev–Trinajstić information content (AvgIpc) is 2.36. The Morgan fingerprint density at radius 3 is 2.59 bits per heavy atom. The van der Waals surface area contributed by atoms with E-state index in [9.17, 15) is 0 Å². The predicted molar refractivity (Wildman–Crippen MR) is 69.9 cm³/mol. The lowest BCUT2D eigenvalue weighted by molar-refractivity contribution is -0.714. The SMILES string of the molecule is Cc1ccc2[n+](c1)C(C)[C@@H](C)c1ccccc1-2. The van der Waals surface area contributed by atoms with Crippen LogP contribution in [0.25, 0.3) is 11.3 Å². The third kappa shape index (κ3) is 1.49. The molecule has 1 aromatic heterocycles. The zero-order valence-corrected chi connectivity index (χ0v) is 10.6. The van der Waals surface area contributed by atoms with Gasteiger partial charge in [-0.15, -0.1) is 0 Å². The topological polar surface area (TPSA) is 3.88 Å². The summed E-state index contributed by atoms with van der Waals surface area (Å²) in [5.41, 5.74) is 5.53. The molecule has 1 unspecified atom stereocenters. The number of hydrogen-bond donors (Lipinski definition) is 0. The minimum Gasteiger partial charge on any atom is -0.195 e. The first-order chi connectivity index (χ1) is 8.18. The zero-order valence-electron chi connectivity index (χ0n) is 10.6. The number of benzene rings is 1. The molecule has 2 aromatic rings. The van der Waals surface area contributed by atoms with Gasteiger partial charge >= 0.3 is 0 Å². The van der Waals surface area contributed by atoms with Gasteiger partial charge in [-0.05, 0) is 31.5 Å². The van der Waals surface area contributed by atoms with E-state index in [0.717, 1.165) is 0 Å². The zero-order chi connectivity index (χ0) is 12.0. The fourth-order valence-electron chi connectivity index (χ4n) is 2.82. The van der Waals surface area contributed by atoms with E-state index in [4.69, 9.17) is 0 Å². The maximum Gasteiger partial charge on any atom is 0.213 e. The molecule has 1 aliphatic heterocycles. The lowest BCUT2D eigenvalue weighted by atomic mass is 9.85. The summed E-state index contributed by atoms with van der Waals surface area (Å²) in [4.78, 5) is 0. The highest BCUT2D eigenvalue weighted by Gasteiger charge is 2.33. The molecule has 1 aliphatic rings. The van der Waals surface area contributed by atoms with Crippen molar-refractivity contribution in [2.75, 3.05) is 0 Å². The van der Waals surface area contributed by atoms with Gasteiger partial charge in [0.2, 0.25) is 5.69 Å². The summed E-state index contributed by atoms with van der Waals surface area (Å²) in [5.74, 6) is 0.575. The normalized spacial score (nSPS) is 21.8. The van der Waals surface area contributed by atoms with Crippen LogP contribution in [-0.4, -0.2) is 0 Å². The monoisotopic (exact) mass is 224 g/mol. The molecule has 2 heterocycles. The van der Waals surface area contributed by atoms with Crippen molar-refractivity contribution >= 4 is 0 Å². The van der Waals surface area contributed by atoms with Crippen LogP contribution in [0.15, 0.2) is 42.6 Å². The van der Waals surface area contributed by atoms with Crippen molar-refractivity contribution in [2.45, 2.75) is 32.7 Å². The second-order valence-electron chi connectivity index (χ2n) is 5.12. The first-order valence-electron chi connectivity index (χ1n) is 6.29. The molecular formula is C16H18N+. The lowest BCUT2D eigenvalue weighted by Crippen LogP contribution is -2.45. The molecule has 0 saturated carbocycles. The maximum absolute atomic E-state index is 2.42. The van der Waals surface area contributed by atoms with Crippen LogP contribution < -0.4 is 4.57 Å². The summed E-state index contributed by atoms with van der Waals surface area (Å²) in [6.45, 7) is 6.79. The summed E-state index contributed by atoms with van der Waals surface area (Å²) in [6, 6.07) is 13.7. The number of hydrogen-bond acceptors (Lipinski definition) is 0. The number of rotatable bonds is 0. The van der Waals surface area contributed by atoms with Crippen molar-refractivity contribution in [3.8, 4) is 11.3 Å². The number of nitrogens with zero attached hydrogens (tertiary/aromatic N) is 1. The smallest absolute Gasteiger partial charge is 0.195 e. The van der Waals surface area contributed by atoms with Crippen LogP contribution in [0.1, 0.15) is 36.9 Å². The van der Waals surface area contributed by atoms with E-state index in [1.165, 1.54) is 22.4 Å². The number of aryl methyl sites for hydroxylation is 1. The molecule has 17 heavy (non-hydrogen) atoms.